The average molecular weight is 472 g/mol. The Labute approximate surface area is 202 Å². The van der Waals surface area contributed by atoms with Crippen LogP contribution in [-0.2, 0) is 16.1 Å². The van der Waals surface area contributed by atoms with Crippen LogP contribution in [0.15, 0.2) is 89.6 Å². The van der Waals surface area contributed by atoms with Gasteiger partial charge in [-0.25, -0.2) is 4.79 Å². The minimum Gasteiger partial charge on any atom is -0.489 e. The third kappa shape index (κ3) is 3.58. The Morgan fingerprint density at radius 2 is 1.65 bits per heavy atom. The molecule has 6 heteroatoms. The van der Waals surface area contributed by atoms with Crippen molar-refractivity contribution in [1.29, 1.82) is 0 Å². The molecule has 170 valence electrons. The minimum absolute atomic E-state index is 0.113. The van der Waals surface area contributed by atoms with Crippen LogP contribution in [0.25, 0.3) is 5.70 Å². The number of allylic oxidation sites excluding steroid dienone is 2. The zero-order valence-electron chi connectivity index (χ0n) is 18.7. The molecule has 1 aliphatic carbocycles. The smallest absolute Gasteiger partial charge is 0.336 e. The van der Waals surface area contributed by atoms with Crippen molar-refractivity contribution >= 4 is 29.1 Å². The van der Waals surface area contributed by atoms with Crippen LogP contribution in [0.3, 0.4) is 0 Å². The number of carbonyl (C=O) groups excluding carboxylic acids is 2. The van der Waals surface area contributed by atoms with Crippen LogP contribution in [0.2, 0.25) is 5.02 Å². The number of carbonyl (C=O) groups is 2. The molecule has 0 bridgehead atoms. The monoisotopic (exact) mass is 471 g/mol. The highest BCUT2D eigenvalue weighted by atomic mass is 35.5. The molecule has 0 aromatic heterocycles. The lowest BCUT2D eigenvalue weighted by atomic mass is 9.79. The molecule has 34 heavy (non-hydrogen) atoms. The Kier molecular flexibility index (Phi) is 5.72. The SMILES string of the molecule is COC(=O)C1=C(C)NC2=C(C(=O)c3ccccc32)[C@@H]1c1ccccc1OCc1ccccc1Cl. The van der Waals surface area contributed by atoms with Gasteiger partial charge in [-0.15, -0.1) is 0 Å². The highest BCUT2D eigenvalue weighted by molar-refractivity contribution is 6.31. The third-order valence-corrected chi connectivity index (χ3v) is 6.59. The zero-order valence-corrected chi connectivity index (χ0v) is 19.5. The number of halogens is 1. The van der Waals surface area contributed by atoms with Gasteiger partial charge in [0.2, 0.25) is 0 Å². The second kappa shape index (κ2) is 8.84. The van der Waals surface area contributed by atoms with Gasteiger partial charge in [-0.1, -0.05) is 72.3 Å². The lowest BCUT2D eigenvalue weighted by Gasteiger charge is -2.30. The molecule has 1 heterocycles. The molecule has 0 saturated heterocycles. The van der Waals surface area contributed by atoms with Crippen molar-refractivity contribution in [3.8, 4) is 5.75 Å². The predicted octanol–water partition coefficient (Wildman–Crippen LogP) is 5.66. The van der Waals surface area contributed by atoms with Crippen molar-refractivity contribution in [2.75, 3.05) is 7.11 Å². The Balaban J connectivity index is 1.63. The summed E-state index contributed by atoms with van der Waals surface area (Å²) in [5, 5.41) is 3.90. The second-order valence-electron chi connectivity index (χ2n) is 8.17. The van der Waals surface area contributed by atoms with Crippen molar-refractivity contribution in [1.82, 2.24) is 5.32 Å². The second-order valence-corrected chi connectivity index (χ2v) is 8.58. The lowest BCUT2D eigenvalue weighted by Crippen LogP contribution is -2.29. The standard InChI is InChI=1S/C28H22ClNO4/c1-16-23(28(32)33-2)24(25-26(30-16)18-10-4-5-11-19(18)27(25)31)20-12-6-8-14-22(20)34-15-17-9-3-7-13-21(17)29/h3-14,24,30H,15H2,1-2H3/t24-/m1/s1. The van der Waals surface area contributed by atoms with E-state index >= 15 is 0 Å². The van der Waals surface area contributed by atoms with Crippen LogP contribution in [0.5, 0.6) is 5.75 Å². The first-order chi connectivity index (χ1) is 16.5. The number of benzene rings is 3. The van der Waals surface area contributed by atoms with E-state index in [-0.39, 0.29) is 12.4 Å². The Hall–Kier alpha value is -3.83. The number of esters is 1. The Morgan fingerprint density at radius 3 is 2.41 bits per heavy atom. The van der Waals surface area contributed by atoms with Gasteiger partial charge in [0.25, 0.3) is 0 Å². The van der Waals surface area contributed by atoms with Gasteiger partial charge in [0.1, 0.15) is 12.4 Å². The van der Waals surface area contributed by atoms with Crippen LogP contribution in [0.1, 0.15) is 39.9 Å². The molecular weight excluding hydrogens is 450 g/mol. The van der Waals surface area contributed by atoms with Crippen LogP contribution in [-0.4, -0.2) is 18.9 Å². The van der Waals surface area contributed by atoms with E-state index in [0.29, 0.717) is 38.7 Å². The van der Waals surface area contributed by atoms with Crippen LogP contribution in [0.4, 0.5) is 0 Å². The van der Waals surface area contributed by atoms with Gasteiger partial charge in [-0.3, -0.25) is 4.79 Å². The van der Waals surface area contributed by atoms with E-state index in [4.69, 9.17) is 21.1 Å². The summed E-state index contributed by atoms with van der Waals surface area (Å²) in [4.78, 5) is 26.5. The Morgan fingerprint density at radius 1 is 0.971 bits per heavy atom. The minimum atomic E-state index is -0.647. The molecule has 5 rings (SSSR count). The summed E-state index contributed by atoms with van der Waals surface area (Å²) in [6.45, 7) is 2.07. The first-order valence-corrected chi connectivity index (χ1v) is 11.3. The number of ether oxygens (including phenoxy) is 2. The predicted molar refractivity (Wildman–Crippen MR) is 131 cm³/mol. The largest absolute Gasteiger partial charge is 0.489 e. The van der Waals surface area contributed by atoms with E-state index in [2.05, 4.69) is 5.32 Å². The van der Waals surface area contributed by atoms with E-state index in [0.717, 1.165) is 16.8 Å². The van der Waals surface area contributed by atoms with E-state index in [1.165, 1.54) is 7.11 Å². The normalized spacial score (nSPS) is 16.7. The van der Waals surface area contributed by atoms with E-state index < -0.39 is 11.9 Å². The number of para-hydroxylation sites is 1. The summed E-state index contributed by atoms with van der Waals surface area (Å²) < 4.78 is 11.3. The third-order valence-electron chi connectivity index (χ3n) is 6.23. The lowest BCUT2D eigenvalue weighted by molar-refractivity contribution is -0.136. The first-order valence-electron chi connectivity index (χ1n) is 10.9. The van der Waals surface area contributed by atoms with Crippen molar-refractivity contribution in [3.63, 3.8) is 0 Å². The van der Waals surface area contributed by atoms with E-state index in [9.17, 15) is 9.59 Å². The summed E-state index contributed by atoms with van der Waals surface area (Å²) in [5.74, 6) is -0.686. The summed E-state index contributed by atoms with van der Waals surface area (Å²) in [6.07, 6.45) is 0. The van der Waals surface area contributed by atoms with Gasteiger partial charge in [-0.05, 0) is 19.1 Å². The fourth-order valence-electron chi connectivity index (χ4n) is 4.64. The number of rotatable bonds is 5. The summed E-state index contributed by atoms with van der Waals surface area (Å²) in [6, 6.07) is 22.4. The highest BCUT2D eigenvalue weighted by Crippen LogP contribution is 2.48. The molecule has 0 saturated carbocycles. The van der Waals surface area contributed by atoms with Crippen molar-refractivity contribution in [2.24, 2.45) is 0 Å². The summed E-state index contributed by atoms with van der Waals surface area (Å²) in [5.41, 5.74) is 5.25. The highest BCUT2D eigenvalue weighted by Gasteiger charge is 2.43. The zero-order chi connectivity index (χ0) is 23.8. The number of fused-ring (bicyclic) bond motifs is 2. The molecule has 0 unspecified atom stereocenters. The number of hydrogen-bond acceptors (Lipinski definition) is 5. The molecule has 0 fully saturated rings. The molecular formula is C28H22ClNO4. The van der Waals surface area contributed by atoms with Crippen LogP contribution < -0.4 is 10.1 Å². The molecule has 1 N–H and O–H groups in total. The molecule has 3 aromatic rings. The number of ketones is 1. The summed E-state index contributed by atoms with van der Waals surface area (Å²) in [7, 11) is 1.34. The van der Waals surface area contributed by atoms with Crippen molar-refractivity contribution < 1.29 is 19.1 Å². The number of dihydropyridines is 1. The maximum Gasteiger partial charge on any atom is 0.336 e. The van der Waals surface area contributed by atoms with Gasteiger partial charge in [0.15, 0.2) is 5.78 Å². The molecule has 3 aromatic carbocycles. The number of hydrogen-bond donors (Lipinski definition) is 1. The van der Waals surface area contributed by atoms with Crippen molar-refractivity contribution in [2.45, 2.75) is 19.4 Å². The molecule has 1 atom stereocenters. The molecule has 0 amide bonds. The molecule has 0 spiro atoms. The fraction of sp³-hybridized carbons (Fsp3) is 0.143. The van der Waals surface area contributed by atoms with Crippen LogP contribution >= 0.6 is 11.6 Å². The maximum atomic E-state index is 13.6. The maximum absolute atomic E-state index is 13.6. The van der Waals surface area contributed by atoms with Crippen molar-refractivity contribution in [3.05, 3.63) is 117 Å². The topological polar surface area (TPSA) is 64.6 Å². The first kappa shape index (κ1) is 22.0. The van der Waals surface area contributed by atoms with E-state index in [1.807, 2.05) is 79.7 Å². The van der Waals surface area contributed by atoms with Crippen LogP contribution in [0, 0.1) is 0 Å². The van der Waals surface area contributed by atoms with Gasteiger partial charge < -0.3 is 14.8 Å². The molecule has 1 aliphatic heterocycles. The molecule has 2 aliphatic rings. The number of Topliss-reactive ketones (excluding diaryl/α,β-unsaturated/α-hetero) is 1. The summed E-state index contributed by atoms with van der Waals surface area (Å²) >= 11 is 6.32. The fourth-order valence-corrected chi connectivity index (χ4v) is 4.83. The van der Waals surface area contributed by atoms with Gasteiger partial charge in [0.05, 0.1) is 24.3 Å². The molecule has 5 nitrogen and oxygen atoms in total. The van der Waals surface area contributed by atoms with Gasteiger partial charge in [0, 0.05) is 38.5 Å². The average Bonchev–Trinajstić information content (AvgIpc) is 3.14. The van der Waals surface area contributed by atoms with Gasteiger partial charge in [-0.2, -0.15) is 0 Å². The quantitative estimate of drug-likeness (QED) is 0.486. The van der Waals surface area contributed by atoms with E-state index in [1.54, 1.807) is 0 Å². The number of nitrogens with one attached hydrogen (secondary N) is 1. The van der Waals surface area contributed by atoms with Gasteiger partial charge >= 0.3 is 5.97 Å². The Bertz CT molecular complexity index is 1390. The number of methoxy groups -OCH3 is 1. The molecule has 0 radical (unpaired) electrons.